The largest absolute Gasteiger partial charge is 0.382 e. The molecule has 0 amide bonds. The molecule has 4 heterocycles. The molecule has 0 spiro atoms. The second-order valence-electron chi connectivity index (χ2n) is 9.92. The van der Waals surface area contributed by atoms with Crippen molar-refractivity contribution in [2.45, 2.75) is 45.7 Å². The van der Waals surface area contributed by atoms with E-state index < -0.39 is 5.54 Å². The summed E-state index contributed by atoms with van der Waals surface area (Å²) in [4.78, 5) is 13.7. The van der Waals surface area contributed by atoms with Crippen molar-refractivity contribution in [2.75, 3.05) is 0 Å². The summed E-state index contributed by atoms with van der Waals surface area (Å²) in [6.45, 7) is 12.2. The predicted molar refractivity (Wildman–Crippen MR) is 155 cm³/mol. The molecule has 186 valence electrons. The molecule has 2 unspecified atom stereocenters. The summed E-state index contributed by atoms with van der Waals surface area (Å²) in [6.07, 6.45) is 14.6. The highest BCUT2D eigenvalue weighted by molar-refractivity contribution is 5.95. The monoisotopic (exact) mass is 487 g/mol. The van der Waals surface area contributed by atoms with E-state index in [4.69, 9.17) is 9.97 Å². The molecule has 1 N–H and O–H groups in total. The molecule has 37 heavy (non-hydrogen) atoms. The van der Waals surface area contributed by atoms with Gasteiger partial charge in [-0.3, -0.25) is 15.0 Å². The Morgan fingerprint density at radius 2 is 1.89 bits per heavy atom. The molecule has 5 nitrogen and oxygen atoms in total. The highest BCUT2D eigenvalue weighted by Gasteiger charge is 2.32. The average molecular weight is 488 g/mol. The molecule has 0 saturated carbocycles. The van der Waals surface area contributed by atoms with Gasteiger partial charge in [0.25, 0.3) is 0 Å². The third kappa shape index (κ3) is 4.53. The summed E-state index contributed by atoms with van der Waals surface area (Å²) in [5.74, 6) is 0. The van der Waals surface area contributed by atoms with E-state index in [1.807, 2.05) is 30.6 Å². The number of pyridine rings is 2. The Morgan fingerprint density at radius 3 is 2.57 bits per heavy atom. The maximum Gasteiger partial charge on any atom is 0.0960 e. The lowest BCUT2D eigenvalue weighted by atomic mass is 9.91. The van der Waals surface area contributed by atoms with E-state index in [0.717, 1.165) is 39.8 Å². The Kier molecular flexibility index (Phi) is 6.62. The lowest BCUT2D eigenvalue weighted by Crippen LogP contribution is -2.37. The van der Waals surface area contributed by atoms with Crippen LogP contribution in [0.3, 0.4) is 0 Å². The van der Waals surface area contributed by atoms with Gasteiger partial charge in [0.2, 0.25) is 0 Å². The van der Waals surface area contributed by atoms with Gasteiger partial charge in [0.15, 0.2) is 0 Å². The number of hydrogen-bond donors (Lipinski definition) is 1. The van der Waals surface area contributed by atoms with Gasteiger partial charge < -0.3 is 9.88 Å². The van der Waals surface area contributed by atoms with Crippen molar-refractivity contribution >= 4 is 23.3 Å². The first-order valence-corrected chi connectivity index (χ1v) is 12.7. The van der Waals surface area contributed by atoms with Crippen LogP contribution in [0.15, 0.2) is 102 Å². The highest BCUT2D eigenvalue weighted by Crippen LogP contribution is 2.39. The van der Waals surface area contributed by atoms with Crippen LogP contribution >= 0.6 is 0 Å². The molecule has 0 bridgehead atoms. The molecule has 2 atom stereocenters. The van der Waals surface area contributed by atoms with Crippen molar-refractivity contribution in [1.82, 2.24) is 19.9 Å². The van der Waals surface area contributed by atoms with E-state index in [9.17, 15) is 0 Å². The van der Waals surface area contributed by atoms with Crippen molar-refractivity contribution < 1.29 is 0 Å². The lowest BCUT2D eigenvalue weighted by Gasteiger charge is -2.33. The quantitative estimate of drug-likeness (QED) is 0.214. The number of fused-ring (bicyclic) bond motifs is 1. The number of hydrogen-bond acceptors (Lipinski definition) is 4. The molecule has 3 aromatic heterocycles. The smallest absolute Gasteiger partial charge is 0.0960 e. The molecule has 1 aliphatic heterocycles. The molecule has 5 rings (SSSR count). The molecule has 0 radical (unpaired) electrons. The van der Waals surface area contributed by atoms with Gasteiger partial charge in [-0.25, -0.2) is 0 Å². The van der Waals surface area contributed by atoms with E-state index in [1.54, 1.807) is 6.20 Å². The van der Waals surface area contributed by atoms with E-state index in [-0.39, 0.29) is 0 Å². The molecule has 1 aliphatic rings. The van der Waals surface area contributed by atoms with Gasteiger partial charge in [-0.2, -0.15) is 0 Å². The van der Waals surface area contributed by atoms with Gasteiger partial charge in [-0.05, 0) is 70.7 Å². The number of benzene rings is 1. The van der Waals surface area contributed by atoms with Crippen LogP contribution in [0.1, 0.15) is 44.0 Å². The van der Waals surface area contributed by atoms with E-state index in [0.29, 0.717) is 6.04 Å². The molecule has 0 aliphatic carbocycles. The number of rotatable bonds is 8. The normalized spacial score (nSPS) is 17.2. The predicted octanol–water partition coefficient (Wildman–Crippen LogP) is 7.05. The maximum atomic E-state index is 5.05. The van der Waals surface area contributed by atoms with Crippen LogP contribution in [0.25, 0.3) is 27.7 Å². The Labute approximate surface area is 219 Å². The Hall–Kier alpha value is -4.25. The molecule has 0 fully saturated rings. The fourth-order valence-electron chi connectivity index (χ4n) is 5.29. The number of allylic oxidation sites excluding steroid dienone is 4. The third-order valence-electron chi connectivity index (χ3n) is 7.29. The molecule has 4 aromatic rings. The van der Waals surface area contributed by atoms with E-state index >= 15 is 0 Å². The van der Waals surface area contributed by atoms with Gasteiger partial charge in [-0.15, -0.1) is 0 Å². The number of aryl methyl sites for hydroxylation is 1. The van der Waals surface area contributed by atoms with Gasteiger partial charge >= 0.3 is 0 Å². The zero-order valence-electron chi connectivity index (χ0n) is 21.9. The van der Waals surface area contributed by atoms with E-state index in [1.165, 1.54) is 16.8 Å². The lowest BCUT2D eigenvalue weighted by molar-refractivity contribution is 0.398. The fraction of sp³-hybridized carbons (Fsp3) is 0.219. The second kappa shape index (κ2) is 10.0. The van der Waals surface area contributed by atoms with Crippen LogP contribution in [0.4, 0.5) is 0 Å². The average Bonchev–Trinajstić information content (AvgIpc) is 3.29. The molecular formula is C32H33N5. The topological polar surface area (TPSA) is 55.1 Å². The summed E-state index contributed by atoms with van der Waals surface area (Å²) >= 11 is 0. The second-order valence-corrected chi connectivity index (χ2v) is 9.92. The minimum absolute atomic E-state index is 0.314. The van der Waals surface area contributed by atoms with Gasteiger partial charge in [0, 0.05) is 47.2 Å². The Morgan fingerprint density at radius 1 is 1.08 bits per heavy atom. The van der Waals surface area contributed by atoms with Crippen LogP contribution < -0.4 is 5.32 Å². The summed E-state index contributed by atoms with van der Waals surface area (Å²) in [5.41, 5.74) is 9.84. The first kappa shape index (κ1) is 24.4. The van der Waals surface area contributed by atoms with E-state index in [2.05, 4.69) is 104 Å². The Balaban J connectivity index is 1.75. The van der Waals surface area contributed by atoms with Crippen LogP contribution in [-0.4, -0.2) is 27.3 Å². The summed E-state index contributed by atoms with van der Waals surface area (Å²) in [5, 5.41) is 3.46. The van der Waals surface area contributed by atoms with Crippen molar-refractivity contribution in [3.63, 3.8) is 0 Å². The number of nitrogens with one attached hydrogen (secondary N) is 1. The Bertz CT molecular complexity index is 1520. The standard InChI is InChI=1S/C32H33N5/c1-22-12-14-25(15-13-22)27-21-37(28-19-26(20-35-31(27)28)30-23(2)36-24(30)3)32(4,16-8-6-9-17-33-5)29-11-7-10-18-34-29/h6-15,17-21,23,36H,5,16H2,1-4H3/b8-6-,17-9-. The number of nitrogens with zero attached hydrogens (tertiary/aromatic N) is 4. The zero-order chi connectivity index (χ0) is 26.0. The van der Waals surface area contributed by atoms with Gasteiger partial charge in [-0.1, -0.05) is 48.0 Å². The van der Waals surface area contributed by atoms with Crippen molar-refractivity contribution in [2.24, 2.45) is 4.99 Å². The van der Waals surface area contributed by atoms with Crippen molar-refractivity contribution in [3.05, 3.63) is 114 Å². The summed E-state index contributed by atoms with van der Waals surface area (Å²) in [7, 11) is 0. The SMILES string of the molecule is C=N/C=C\C=C/CC(C)(c1ccccn1)n1cc(-c2ccc(C)cc2)c2ncc(C3=C(C)NC3C)cc21. The molecule has 1 aromatic carbocycles. The highest BCUT2D eigenvalue weighted by atomic mass is 15.1. The number of aromatic nitrogens is 3. The summed E-state index contributed by atoms with van der Waals surface area (Å²) in [6, 6.07) is 17.4. The van der Waals surface area contributed by atoms with Gasteiger partial charge in [0.05, 0.1) is 28.3 Å². The first-order chi connectivity index (χ1) is 17.9. The van der Waals surface area contributed by atoms with Crippen LogP contribution in [0.2, 0.25) is 0 Å². The molecule has 0 saturated heterocycles. The molecule has 5 heteroatoms. The zero-order valence-corrected chi connectivity index (χ0v) is 21.9. The van der Waals surface area contributed by atoms with Gasteiger partial charge in [0.1, 0.15) is 0 Å². The summed E-state index contributed by atoms with van der Waals surface area (Å²) < 4.78 is 2.36. The minimum atomic E-state index is -0.443. The fourth-order valence-corrected chi connectivity index (χ4v) is 5.29. The first-order valence-electron chi connectivity index (χ1n) is 12.7. The number of aliphatic imine (C=N–C) groups is 1. The van der Waals surface area contributed by atoms with Crippen LogP contribution in [0, 0.1) is 6.92 Å². The maximum absolute atomic E-state index is 5.05. The van der Waals surface area contributed by atoms with Crippen molar-refractivity contribution in [1.29, 1.82) is 0 Å². The minimum Gasteiger partial charge on any atom is -0.382 e. The van der Waals surface area contributed by atoms with Crippen LogP contribution in [0.5, 0.6) is 0 Å². The molecular weight excluding hydrogens is 454 g/mol. The van der Waals surface area contributed by atoms with Crippen molar-refractivity contribution in [3.8, 4) is 11.1 Å². The van der Waals surface area contributed by atoms with Crippen LogP contribution in [-0.2, 0) is 5.54 Å². The third-order valence-corrected chi connectivity index (χ3v) is 7.29.